The third kappa shape index (κ3) is 8.56. The molecule has 0 spiro atoms. The smallest absolute Gasteiger partial charge is 0.259 e. The van der Waals surface area contributed by atoms with Crippen LogP contribution in [0, 0.1) is 0 Å². The number of aromatic nitrogens is 1. The number of aryl methyl sites for hydroxylation is 1. The van der Waals surface area contributed by atoms with E-state index in [1.807, 2.05) is 13.0 Å². The van der Waals surface area contributed by atoms with Gasteiger partial charge in [0, 0.05) is 36.7 Å². The molecular weight excluding hydrogens is 596 g/mol. The molecule has 12 nitrogen and oxygen atoms in total. The molecule has 1 amide bonds. The average molecular weight is 635 g/mol. The molecule has 0 bridgehead atoms. The number of aliphatic imine (C=N–C) groups is 1. The summed E-state index contributed by atoms with van der Waals surface area (Å²) in [5.74, 6) is 1.02. The van der Waals surface area contributed by atoms with Crippen LogP contribution in [0.2, 0.25) is 0 Å². The number of carbonyl (C=O) groups excluding carboxylic acids is 1. The van der Waals surface area contributed by atoms with Gasteiger partial charge in [-0.05, 0) is 43.5 Å². The van der Waals surface area contributed by atoms with Crippen LogP contribution in [0.5, 0.6) is 11.5 Å². The molecule has 3 heterocycles. The lowest BCUT2D eigenvalue weighted by atomic mass is 10.1. The van der Waals surface area contributed by atoms with Gasteiger partial charge in [0.25, 0.3) is 11.5 Å². The molecule has 0 unspecified atom stereocenters. The zero-order valence-corrected chi connectivity index (χ0v) is 26.2. The van der Waals surface area contributed by atoms with Crippen LogP contribution in [0.1, 0.15) is 24.6 Å². The Kier molecular flexibility index (Phi) is 11.2. The van der Waals surface area contributed by atoms with E-state index in [4.69, 9.17) is 24.7 Å². The van der Waals surface area contributed by atoms with Gasteiger partial charge in [-0.15, -0.1) is 11.3 Å². The summed E-state index contributed by atoms with van der Waals surface area (Å²) in [4.78, 5) is 30.5. The number of methoxy groups -OCH3 is 1. The lowest BCUT2D eigenvalue weighted by molar-refractivity contribution is -0.123. The highest BCUT2D eigenvalue weighted by Gasteiger charge is 2.24. The predicted molar refractivity (Wildman–Crippen MR) is 167 cm³/mol. The first-order valence-electron chi connectivity index (χ1n) is 14.0. The summed E-state index contributed by atoms with van der Waals surface area (Å²) in [5.41, 5.74) is 7.74. The maximum absolute atomic E-state index is 13.0. The molecule has 234 valence electrons. The van der Waals surface area contributed by atoms with Crippen LogP contribution in [0.15, 0.2) is 40.2 Å². The van der Waals surface area contributed by atoms with Gasteiger partial charge in [-0.25, -0.2) is 8.42 Å². The van der Waals surface area contributed by atoms with Crippen molar-refractivity contribution in [2.75, 3.05) is 58.2 Å². The van der Waals surface area contributed by atoms with Crippen molar-refractivity contribution in [1.82, 2.24) is 9.88 Å². The standard InChI is InChI=1S/C29H38N4O8S2/c1-4-39-11-12-40-10-9-31-26(34)18-41-23-6-5-19(15-24(23)38-3)22-17-33(2)29(35)21-16-25(42-27(21)22)28(30)32-20-7-13-43(36,37)14-8-20/h5-6,15-17,20H,4,7-14,18H2,1-3H3,(H2,30,32)(H,31,34). The third-order valence-electron chi connectivity index (χ3n) is 6.93. The fourth-order valence-corrected chi connectivity index (χ4v) is 7.18. The van der Waals surface area contributed by atoms with Gasteiger partial charge < -0.3 is 34.6 Å². The minimum absolute atomic E-state index is 0.0993. The second-order valence-electron chi connectivity index (χ2n) is 10.0. The van der Waals surface area contributed by atoms with Crippen molar-refractivity contribution < 1.29 is 32.2 Å². The molecular formula is C29H38N4O8S2. The third-order valence-corrected chi connectivity index (χ3v) is 9.83. The second-order valence-corrected chi connectivity index (χ2v) is 13.4. The normalized spacial score (nSPS) is 15.5. The number of hydrogen-bond acceptors (Lipinski definition) is 10. The zero-order chi connectivity index (χ0) is 31.0. The Morgan fingerprint density at radius 1 is 1.14 bits per heavy atom. The molecule has 1 aromatic carbocycles. The molecule has 3 aromatic rings. The lowest BCUT2D eigenvalue weighted by Gasteiger charge is -2.18. The SMILES string of the molecule is CCOCCOCCNC(=O)COc1ccc(-c2cn(C)c(=O)c3cc(C(N)=NC4CCS(=O)(=O)CC4)sc23)cc1OC. The lowest BCUT2D eigenvalue weighted by Crippen LogP contribution is -2.32. The van der Waals surface area contributed by atoms with Crippen LogP contribution in [-0.2, 0) is 31.2 Å². The number of thiophene rings is 1. The summed E-state index contributed by atoms with van der Waals surface area (Å²) in [7, 11) is 0.186. The van der Waals surface area contributed by atoms with Crippen LogP contribution in [0.3, 0.4) is 0 Å². The summed E-state index contributed by atoms with van der Waals surface area (Å²) < 4.78 is 47.7. The highest BCUT2D eigenvalue weighted by atomic mass is 32.2. The highest BCUT2D eigenvalue weighted by Crippen LogP contribution is 2.37. The molecule has 0 atom stereocenters. The molecule has 2 aromatic heterocycles. The minimum Gasteiger partial charge on any atom is -0.493 e. The van der Waals surface area contributed by atoms with Crippen LogP contribution in [-0.4, -0.2) is 89.0 Å². The van der Waals surface area contributed by atoms with Gasteiger partial charge in [0.2, 0.25) is 0 Å². The number of ether oxygens (including phenoxy) is 4. The topological polar surface area (TPSA) is 161 Å². The summed E-state index contributed by atoms with van der Waals surface area (Å²) in [6, 6.07) is 6.91. The first-order chi connectivity index (χ1) is 20.6. The first-order valence-corrected chi connectivity index (χ1v) is 16.7. The molecule has 1 fully saturated rings. The van der Waals surface area contributed by atoms with E-state index in [1.165, 1.54) is 23.0 Å². The van der Waals surface area contributed by atoms with Crippen molar-refractivity contribution in [3.05, 3.63) is 45.7 Å². The number of fused-ring (bicyclic) bond motifs is 1. The zero-order valence-electron chi connectivity index (χ0n) is 24.6. The quantitative estimate of drug-likeness (QED) is 0.154. The van der Waals surface area contributed by atoms with Gasteiger partial charge in [0.05, 0.1) is 54.7 Å². The van der Waals surface area contributed by atoms with Gasteiger partial charge in [-0.2, -0.15) is 0 Å². The van der Waals surface area contributed by atoms with Crippen LogP contribution < -0.4 is 26.1 Å². The van der Waals surface area contributed by atoms with Crippen molar-refractivity contribution in [3.63, 3.8) is 0 Å². The second kappa shape index (κ2) is 14.8. The summed E-state index contributed by atoms with van der Waals surface area (Å²) in [5, 5.41) is 3.24. The molecule has 43 heavy (non-hydrogen) atoms. The Morgan fingerprint density at radius 2 is 1.88 bits per heavy atom. The van der Waals surface area contributed by atoms with E-state index in [1.54, 1.807) is 31.4 Å². The molecule has 3 N–H and O–H groups in total. The van der Waals surface area contributed by atoms with Crippen LogP contribution in [0.25, 0.3) is 21.2 Å². The summed E-state index contributed by atoms with van der Waals surface area (Å²) >= 11 is 1.36. The Bertz CT molecular complexity index is 1620. The molecule has 1 aliphatic rings. The summed E-state index contributed by atoms with van der Waals surface area (Å²) in [6.07, 6.45) is 2.61. The number of nitrogens with two attached hydrogens (primary N) is 1. The van der Waals surface area contributed by atoms with E-state index < -0.39 is 9.84 Å². The van der Waals surface area contributed by atoms with Crippen LogP contribution in [0.4, 0.5) is 0 Å². The number of sulfone groups is 1. The van der Waals surface area contributed by atoms with E-state index in [-0.39, 0.29) is 41.5 Å². The van der Waals surface area contributed by atoms with Crippen LogP contribution >= 0.6 is 11.3 Å². The van der Waals surface area contributed by atoms with Gasteiger partial charge in [-0.3, -0.25) is 14.6 Å². The first kappa shape index (κ1) is 32.5. The van der Waals surface area contributed by atoms with E-state index in [0.29, 0.717) is 67.6 Å². The molecule has 0 saturated carbocycles. The van der Waals surface area contributed by atoms with E-state index in [0.717, 1.165) is 15.8 Å². The van der Waals surface area contributed by atoms with Crippen molar-refractivity contribution in [3.8, 4) is 22.6 Å². The fraction of sp³-hybridized carbons (Fsp3) is 0.483. The number of amides is 1. The van der Waals surface area contributed by atoms with Crippen molar-refractivity contribution in [2.24, 2.45) is 17.8 Å². The van der Waals surface area contributed by atoms with E-state index in [2.05, 4.69) is 10.3 Å². The number of rotatable bonds is 14. The molecule has 0 radical (unpaired) electrons. The maximum atomic E-state index is 13.0. The van der Waals surface area contributed by atoms with Crippen molar-refractivity contribution >= 4 is 43.0 Å². The molecule has 0 aliphatic carbocycles. The number of pyridine rings is 1. The maximum Gasteiger partial charge on any atom is 0.259 e. The fourth-order valence-electron chi connectivity index (χ4n) is 4.63. The Labute approximate surface area is 254 Å². The highest BCUT2D eigenvalue weighted by molar-refractivity contribution is 7.91. The van der Waals surface area contributed by atoms with Gasteiger partial charge in [0.15, 0.2) is 18.1 Å². The van der Waals surface area contributed by atoms with E-state index >= 15 is 0 Å². The Balaban J connectivity index is 1.48. The number of amidine groups is 1. The molecule has 1 aliphatic heterocycles. The molecule has 14 heteroatoms. The van der Waals surface area contributed by atoms with E-state index in [9.17, 15) is 18.0 Å². The molecule has 4 rings (SSSR count). The monoisotopic (exact) mass is 634 g/mol. The van der Waals surface area contributed by atoms with Crippen molar-refractivity contribution in [2.45, 2.75) is 25.8 Å². The largest absolute Gasteiger partial charge is 0.493 e. The minimum atomic E-state index is -3.01. The summed E-state index contributed by atoms with van der Waals surface area (Å²) in [6.45, 7) is 4.06. The Morgan fingerprint density at radius 3 is 2.60 bits per heavy atom. The average Bonchev–Trinajstić information content (AvgIpc) is 3.44. The van der Waals surface area contributed by atoms with Crippen molar-refractivity contribution in [1.29, 1.82) is 0 Å². The number of carbonyl (C=O) groups is 1. The van der Waals surface area contributed by atoms with Gasteiger partial charge in [0.1, 0.15) is 15.7 Å². The number of nitrogens with one attached hydrogen (secondary N) is 1. The predicted octanol–water partition coefficient (Wildman–Crippen LogP) is 2.11. The Hall–Kier alpha value is -3.46. The number of hydrogen-bond donors (Lipinski definition) is 2. The van der Waals surface area contributed by atoms with Gasteiger partial charge in [-0.1, -0.05) is 6.07 Å². The number of nitrogens with zero attached hydrogens (tertiary/aromatic N) is 2. The molecule has 1 saturated heterocycles. The van der Waals surface area contributed by atoms with Gasteiger partial charge >= 0.3 is 0 Å². The number of benzene rings is 1.